The van der Waals surface area contributed by atoms with Crippen molar-refractivity contribution in [1.29, 1.82) is 0 Å². The third-order valence-corrected chi connectivity index (χ3v) is 4.81. The lowest BCUT2D eigenvalue weighted by molar-refractivity contribution is 0.0225. The average molecular weight is 342 g/mol. The number of hydrogen-bond donors (Lipinski definition) is 0. The summed E-state index contributed by atoms with van der Waals surface area (Å²) in [7, 11) is 0. The minimum absolute atomic E-state index is 0.126. The molecule has 1 atom stereocenters. The molecule has 134 valence electrons. The highest BCUT2D eigenvalue weighted by atomic mass is 19.1. The summed E-state index contributed by atoms with van der Waals surface area (Å²) in [6.07, 6.45) is 0. The van der Waals surface area contributed by atoms with Gasteiger partial charge < -0.3 is 4.74 Å². The molecular formula is C21H27FN2O. The number of halogens is 1. The van der Waals surface area contributed by atoms with Gasteiger partial charge in [-0.3, -0.25) is 9.80 Å². The number of ether oxygens (including phenoxy) is 1. The molecule has 0 aliphatic carbocycles. The molecule has 0 aromatic heterocycles. The predicted molar refractivity (Wildman–Crippen MR) is 98.8 cm³/mol. The molecule has 0 radical (unpaired) electrons. The average Bonchev–Trinajstić information content (AvgIpc) is 2.64. The normalized spacial score (nSPS) is 16.9. The lowest BCUT2D eigenvalue weighted by atomic mass is 10.1. The molecule has 1 saturated heterocycles. The van der Waals surface area contributed by atoms with Crippen molar-refractivity contribution in [2.75, 3.05) is 32.8 Å². The summed E-state index contributed by atoms with van der Waals surface area (Å²) in [6, 6.07) is 17.8. The van der Waals surface area contributed by atoms with Crippen LogP contribution in [-0.4, -0.2) is 48.7 Å². The van der Waals surface area contributed by atoms with Crippen molar-refractivity contribution in [1.82, 2.24) is 9.80 Å². The molecule has 1 aliphatic heterocycles. The quantitative estimate of drug-likeness (QED) is 0.765. The molecule has 3 nitrogen and oxygen atoms in total. The first-order chi connectivity index (χ1) is 12.2. The van der Waals surface area contributed by atoms with Gasteiger partial charge in [-0.15, -0.1) is 0 Å². The highest BCUT2D eigenvalue weighted by Crippen LogP contribution is 2.17. The Hall–Kier alpha value is -1.75. The first-order valence-corrected chi connectivity index (χ1v) is 9.04. The molecule has 1 unspecified atom stereocenters. The fraction of sp³-hybridized carbons (Fsp3) is 0.429. The molecule has 2 aromatic carbocycles. The first-order valence-electron chi connectivity index (χ1n) is 9.04. The Morgan fingerprint density at radius 2 is 1.68 bits per heavy atom. The molecule has 0 amide bonds. The van der Waals surface area contributed by atoms with E-state index in [1.54, 1.807) is 12.1 Å². The molecule has 1 heterocycles. The van der Waals surface area contributed by atoms with E-state index in [9.17, 15) is 4.39 Å². The van der Waals surface area contributed by atoms with Crippen molar-refractivity contribution < 1.29 is 9.13 Å². The van der Waals surface area contributed by atoms with Crippen LogP contribution >= 0.6 is 0 Å². The molecular weight excluding hydrogens is 315 g/mol. The van der Waals surface area contributed by atoms with Crippen molar-refractivity contribution >= 4 is 0 Å². The Bertz CT molecular complexity index is 643. The third-order valence-electron chi connectivity index (χ3n) is 4.81. The zero-order valence-corrected chi connectivity index (χ0v) is 14.9. The first kappa shape index (κ1) is 18.1. The van der Waals surface area contributed by atoms with Crippen molar-refractivity contribution in [2.24, 2.45) is 0 Å². The SMILES string of the molecule is CC(CN1CCOCC1)N(Cc1ccccc1)Cc1ccccc1F. The van der Waals surface area contributed by atoms with Crippen LogP contribution in [0.3, 0.4) is 0 Å². The van der Waals surface area contributed by atoms with Crippen LogP contribution in [0.5, 0.6) is 0 Å². The second-order valence-electron chi connectivity index (χ2n) is 6.74. The van der Waals surface area contributed by atoms with Gasteiger partial charge in [0.15, 0.2) is 0 Å². The minimum atomic E-state index is -0.126. The van der Waals surface area contributed by atoms with Gasteiger partial charge in [-0.2, -0.15) is 0 Å². The Morgan fingerprint density at radius 1 is 1.00 bits per heavy atom. The van der Waals surface area contributed by atoms with Crippen LogP contribution in [0.2, 0.25) is 0 Å². The van der Waals surface area contributed by atoms with Crippen LogP contribution < -0.4 is 0 Å². The minimum Gasteiger partial charge on any atom is -0.379 e. The molecule has 0 bridgehead atoms. The zero-order valence-electron chi connectivity index (χ0n) is 14.9. The highest BCUT2D eigenvalue weighted by Gasteiger charge is 2.20. The summed E-state index contributed by atoms with van der Waals surface area (Å²) in [6.45, 7) is 8.21. The zero-order chi connectivity index (χ0) is 17.5. The summed E-state index contributed by atoms with van der Waals surface area (Å²) in [5.74, 6) is -0.126. The van der Waals surface area contributed by atoms with Crippen molar-refractivity contribution in [3.63, 3.8) is 0 Å². The third kappa shape index (κ3) is 5.36. The molecule has 4 heteroatoms. The fourth-order valence-electron chi connectivity index (χ4n) is 3.30. The number of morpholine rings is 1. The Morgan fingerprint density at radius 3 is 2.40 bits per heavy atom. The summed E-state index contributed by atoms with van der Waals surface area (Å²) >= 11 is 0. The van der Waals surface area contributed by atoms with E-state index in [1.807, 2.05) is 18.2 Å². The van der Waals surface area contributed by atoms with Gasteiger partial charge in [0.05, 0.1) is 13.2 Å². The highest BCUT2D eigenvalue weighted by molar-refractivity contribution is 5.19. The molecule has 0 N–H and O–H groups in total. The second-order valence-corrected chi connectivity index (χ2v) is 6.74. The Balaban J connectivity index is 1.71. The number of rotatable bonds is 7. The molecule has 0 saturated carbocycles. The van der Waals surface area contributed by atoms with Crippen LogP contribution in [0.25, 0.3) is 0 Å². The molecule has 2 aromatic rings. The molecule has 0 spiro atoms. The van der Waals surface area contributed by atoms with E-state index in [1.165, 1.54) is 5.56 Å². The smallest absolute Gasteiger partial charge is 0.127 e. The lowest BCUT2D eigenvalue weighted by Gasteiger charge is -2.35. The maximum Gasteiger partial charge on any atom is 0.127 e. The number of benzene rings is 2. The van der Waals surface area contributed by atoms with E-state index in [2.05, 4.69) is 41.0 Å². The largest absolute Gasteiger partial charge is 0.379 e. The summed E-state index contributed by atoms with van der Waals surface area (Å²) in [5.41, 5.74) is 2.01. The van der Waals surface area contributed by atoms with Crippen LogP contribution in [0.1, 0.15) is 18.1 Å². The molecule has 1 fully saturated rings. The van der Waals surface area contributed by atoms with E-state index < -0.39 is 0 Å². The summed E-state index contributed by atoms with van der Waals surface area (Å²) in [5, 5.41) is 0. The van der Waals surface area contributed by atoms with E-state index in [4.69, 9.17) is 4.74 Å². The lowest BCUT2D eigenvalue weighted by Crippen LogP contribution is -2.45. The standard InChI is InChI=1S/C21H27FN2O/c1-18(15-23-11-13-25-14-12-23)24(16-19-7-3-2-4-8-19)17-20-9-5-6-10-21(20)22/h2-10,18H,11-17H2,1H3. The maximum atomic E-state index is 14.2. The van der Waals surface area contributed by atoms with Crippen molar-refractivity contribution in [3.8, 4) is 0 Å². The topological polar surface area (TPSA) is 15.7 Å². The van der Waals surface area contributed by atoms with E-state index in [0.717, 1.165) is 45.0 Å². The van der Waals surface area contributed by atoms with E-state index in [0.29, 0.717) is 12.6 Å². The number of nitrogens with zero attached hydrogens (tertiary/aromatic N) is 2. The Labute approximate surface area is 150 Å². The van der Waals surface area contributed by atoms with E-state index in [-0.39, 0.29) is 5.82 Å². The number of hydrogen-bond acceptors (Lipinski definition) is 3. The predicted octanol–water partition coefficient (Wildman–Crippen LogP) is 3.55. The van der Waals surface area contributed by atoms with Crippen LogP contribution in [-0.2, 0) is 17.8 Å². The van der Waals surface area contributed by atoms with Gasteiger partial charge >= 0.3 is 0 Å². The molecule has 1 aliphatic rings. The van der Waals surface area contributed by atoms with Crippen molar-refractivity contribution in [2.45, 2.75) is 26.1 Å². The van der Waals surface area contributed by atoms with Gasteiger partial charge in [-0.1, -0.05) is 48.5 Å². The van der Waals surface area contributed by atoms with Gasteiger partial charge in [0.2, 0.25) is 0 Å². The molecule has 3 rings (SSSR count). The van der Waals surface area contributed by atoms with Crippen LogP contribution in [0, 0.1) is 5.82 Å². The van der Waals surface area contributed by atoms with Gasteiger partial charge in [0.1, 0.15) is 5.82 Å². The van der Waals surface area contributed by atoms with Crippen LogP contribution in [0.4, 0.5) is 4.39 Å². The molecule has 25 heavy (non-hydrogen) atoms. The van der Waals surface area contributed by atoms with Crippen LogP contribution in [0.15, 0.2) is 54.6 Å². The fourth-order valence-corrected chi connectivity index (χ4v) is 3.30. The summed E-state index contributed by atoms with van der Waals surface area (Å²) < 4.78 is 19.6. The maximum absolute atomic E-state index is 14.2. The summed E-state index contributed by atoms with van der Waals surface area (Å²) in [4.78, 5) is 4.80. The van der Waals surface area contributed by atoms with Gasteiger partial charge in [0.25, 0.3) is 0 Å². The van der Waals surface area contributed by atoms with E-state index >= 15 is 0 Å². The van der Waals surface area contributed by atoms with Gasteiger partial charge in [0, 0.05) is 44.3 Å². The van der Waals surface area contributed by atoms with Gasteiger partial charge in [-0.05, 0) is 18.6 Å². The van der Waals surface area contributed by atoms with Crippen molar-refractivity contribution in [3.05, 3.63) is 71.5 Å². The van der Waals surface area contributed by atoms with Gasteiger partial charge in [-0.25, -0.2) is 4.39 Å². The second kappa shape index (κ2) is 9.09. The monoisotopic (exact) mass is 342 g/mol. The Kier molecular flexibility index (Phi) is 6.56.